The number of nitrogens with one attached hydrogen (secondary N) is 1. The van der Waals surface area contributed by atoms with Gasteiger partial charge in [-0.05, 0) is 59.7 Å². The molecule has 0 radical (unpaired) electrons. The molecule has 344 valence electrons. The lowest BCUT2D eigenvalue weighted by Crippen LogP contribution is -2.32. The van der Waals surface area contributed by atoms with Gasteiger partial charge in [0.25, 0.3) is 18.8 Å². The van der Waals surface area contributed by atoms with Gasteiger partial charge in [0.1, 0.15) is 44.5 Å². The van der Waals surface area contributed by atoms with E-state index in [1.165, 1.54) is 24.5 Å². The molecule has 67 heavy (non-hydrogen) atoms. The van der Waals surface area contributed by atoms with Crippen LogP contribution in [0.4, 0.5) is 35.1 Å². The van der Waals surface area contributed by atoms with Crippen molar-refractivity contribution in [1.82, 2.24) is 15.3 Å². The largest absolute Gasteiger partial charge is 0.493 e. The monoisotopic (exact) mass is 962 g/mol. The fraction of sp³-hybridized carbons (Fsp3) is 0.167. The van der Waals surface area contributed by atoms with Crippen LogP contribution in [0.15, 0.2) is 109 Å². The van der Waals surface area contributed by atoms with E-state index in [2.05, 4.69) is 15.3 Å². The Labute approximate surface area is 383 Å². The Balaban J connectivity index is 0.000000154. The van der Waals surface area contributed by atoms with Crippen molar-refractivity contribution in [2.45, 2.75) is 37.8 Å². The van der Waals surface area contributed by atoms with Gasteiger partial charge in [0.15, 0.2) is 0 Å². The van der Waals surface area contributed by atoms with E-state index < -0.39 is 70.0 Å². The van der Waals surface area contributed by atoms with Crippen molar-refractivity contribution in [2.75, 3.05) is 13.2 Å². The number of carbonyl (C=O) groups is 2. The van der Waals surface area contributed by atoms with E-state index in [0.29, 0.717) is 41.7 Å². The first-order chi connectivity index (χ1) is 32.2. The van der Waals surface area contributed by atoms with Crippen molar-refractivity contribution in [3.8, 4) is 33.8 Å². The molecule has 9 nitrogen and oxygen atoms in total. The number of carboxylic acid groups (broad SMARTS) is 1. The van der Waals surface area contributed by atoms with Crippen LogP contribution >= 0.6 is 22.7 Å². The first-order valence-corrected chi connectivity index (χ1v) is 21.9. The maximum atomic E-state index is 14.1. The van der Waals surface area contributed by atoms with Gasteiger partial charge in [0.05, 0.1) is 50.8 Å². The van der Waals surface area contributed by atoms with Crippen LogP contribution in [-0.4, -0.2) is 40.2 Å². The molecular formula is C48H34F8N4O5S2. The van der Waals surface area contributed by atoms with Crippen LogP contribution in [0, 0.1) is 23.3 Å². The molecule has 0 bridgehead atoms. The van der Waals surface area contributed by atoms with Crippen LogP contribution in [0.5, 0.6) is 11.5 Å². The Morgan fingerprint density at radius 2 is 1.09 bits per heavy atom. The summed E-state index contributed by atoms with van der Waals surface area (Å²) in [7, 11) is 0. The summed E-state index contributed by atoms with van der Waals surface area (Å²) in [6.45, 7) is 1.13. The number of halogens is 8. The third-order valence-corrected chi connectivity index (χ3v) is 13.1. The lowest BCUT2D eigenvalue weighted by Gasteiger charge is -2.26. The highest BCUT2D eigenvalue weighted by Gasteiger charge is 2.31. The molecule has 4 aromatic heterocycles. The zero-order chi connectivity index (χ0) is 47.5. The van der Waals surface area contributed by atoms with Crippen molar-refractivity contribution in [1.29, 1.82) is 0 Å². The van der Waals surface area contributed by atoms with E-state index in [1.54, 1.807) is 6.07 Å². The maximum absolute atomic E-state index is 14.1. The third-order valence-electron chi connectivity index (χ3n) is 10.7. The van der Waals surface area contributed by atoms with Crippen LogP contribution in [0.2, 0.25) is 0 Å². The summed E-state index contributed by atoms with van der Waals surface area (Å²) in [5.41, 5.74) is 7.21. The minimum Gasteiger partial charge on any atom is -0.493 e. The number of ether oxygens (including phenoxy) is 2. The minimum atomic E-state index is -3.03. The normalized spacial score (nSPS) is 15.1. The zero-order valence-electron chi connectivity index (χ0n) is 34.4. The number of rotatable bonds is 7. The maximum Gasteiger partial charge on any atom is 0.346 e. The highest BCUT2D eigenvalue weighted by atomic mass is 32.1. The second-order valence-corrected chi connectivity index (χ2v) is 17.0. The number of carbonyl (C=O) groups excluding carboxylic acids is 1. The summed E-state index contributed by atoms with van der Waals surface area (Å²) in [4.78, 5) is 31.5. The molecule has 0 fully saturated rings. The van der Waals surface area contributed by atoms with Crippen LogP contribution in [0.3, 0.4) is 0 Å². The summed E-state index contributed by atoms with van der Waals surface area (Å²) in [5, 5.41) is 11.9. The molecule has 19 heteroatoms. The van der Waals surface area contributed by atoms with Gasteiger partial charge in [-0.3, -0.25) is 14.8 Å². The van der Waals surface area contributed by atoms with Gasteiger partial charge < -0.3 is 25.6 Å². The number of nitrogens with two attached hydrogens (primary N) is 1. The molecular weight excluding hydrogens is 929 g/mol. The molecule has 1 amide bonds. The molecule has 4 aromatic carbocycles. The van der Waals surface area contributed by atoms with E-state index in [0.717, 1.165) is 71.6 Å². The molecule has 2 aliphatic heterocycles. The average Bonchev–Trinajstić information content (AvgIpc) is 3.90. The molecule has 0 saturated heterocycles. The van der Waals surface area contributed by atoms with Crippen molar-refractivity contribution >= 4 is 55.0 Å². The molecule has 0 unspecified atom stereocenters. The van der Waals surface area contributed by atoms with Crippen LogP contribution in [0.25, 0.3) is 42.7 Å². The molecule has 10 rings (SSSR count). The van der Waals surface area contributed by atoms with E-state index in [4.69, 9.17) is 20.3 Å². The first-order valence-electron chi connectivity index (χ1n) is 20.2. The first kappa shape index (κ1) is 46.6. The standard InChI is InChI=1S/C24H16F4N2O2S.C15H7F4NO2S.C9H11NO/c25-13-9-12(10-14(26)11-13)15-5-7-29-20-19(23(27)28)22(33-21(15)20)24(31)30-17-6-8-32-18-4-2-1-3-16(17)18;16-7-3-6(4-8(17)5-7)9-1-2-20-11-10(14(18)19)13(15(21)22)23-12(9)11;10-8-5-6-11-9-4-2-1-3-7(8)9/h1-5,7,9-11,17,23H,6,8H2,(H,30,31);1-5,14H,(H,21,22);1-4,8H,5-6,10H2/t17-;;8-/m0.0/s1. The summed E-state index contributed by atoms with van der Waals surface area (Å²) < 4.78 is 120. The number of benzene rings is 4. The topological polar surface area (TPSA) is 137 Å². The van der Waals surface area contributed by atoms with Crippen LogP contribution < -0.4 is 20.5 Å². The number of carboxylic acids is 1. The van der Waals surface area contributed by atoms with Gasteiger partial charge in [-0.25, -0.2) is 39.9 Å². The Kier molecular flexibility index (Phi) is 13.8. The number of aromatic carboxylic acids is 1. The number of fused-ring (bicyclic) bond motifs is 4. The average molecular weight is 963 g/mol. The number of hydrogen-bond donors (Lipinski definition) is 3. The summed E-state index contributed by atoms with van der Waals surface area (Å²) in [5.74, 6) is -3.81. The van der Waals surface area contributed by atoms with E-state index in [1.807, 2.05) is 42.5 Å². The number of nitrogens with zero attached hydrogens (tertiary/aromatic N) is 2. The third kappa shape index (κ3) is 9.94. The van der Waals surface area contributed by atoms with Gasteiger partial charge in [-0.2, -0.15) is 0 Å². The van der Waals surface area contributed by atoms with Crippen molar-refractivity contribution in [3.63, 3.8) is 0 Å². The van der Waals surface area contributed by atoms with E-state index in [9.17, 15) is 44.7 Å². The smallest absolute Gasteiger partial charge is 0.346 e. The van der Waals surface area contributed by atoms with Gasteiger partial charge in [0, 0.05) is 65.7 Å². The Morgan fingerprint density at radius 1 is 0.642 bits per heavy atom. The van der Waals surface area contributed by atoms with E-state index >= 15 is 0 Å². The molecule has 0 aliphatic carbocycles. The predicted molar refractivity (Wildman–Crippen MR) is 237 cm³/mol. The second kappa shape index (κ2) is 19.9. The van der Waals surface area contributed by atoms with Crippen molar-refractivity contribution in [2.24, 2.45) is 5.73 Å². The minimum absolute atomic E-state index is 0.0605. The van der Waals surface area contributed by atoms with E-state index in [-0.39, 0.29) is 48.0 Å². The van der Waals surface area contributed by atoms with Gasteiger partial charge in [0.2, 0.25) is 0 Å². The fourth-order valence-electron chi connectivity index (χ4n) is 7.71. The van der Waals surface area contributed by atoms with Gasteiger partial charge >= 0.3 is 5.97 Å². The number of pyridine rings is 2. The Hall–Kier alpha value is -6.96. The van der Waals surface area contributed by atoms with Crippen LogP contribution in [0.1, 0.15) is 79.4 Å². The summed E-state index contributed by atoms with van der Waals surface area (Å²) in [6.07, 6.45) is -2.09. The van der Waals surface area contributed by atoms with Gasteiger partial charge in [-0.15, -0.1) is 22.7 Å². The zero-order valence-corrected chi connectivity index (χ0v) is 36.1. The van der Waals surface area contributed by atoms with Gasteiger partial charge in [-0.1, -0.05) is 36.4 Å². The molecule has 2 atom stereocenters. The number of thiophene rings is 2. The number of alkyl halides is 4. The predicted octanol–water partition coefficient (Wildman–Crippen LogP) is 12.8. The summed E-state index contributed by atoms with van der Waals surface area (Å²) in [6, 6.07) is 23.5. The summed E-state index contributed by atoms with van der Waals surface area (Å²) >= 11 is 1.44. The Morgan fingerprint density at radius 3 is 1.58 bits per heavy atom. The molecule has 0 saturated carbocycles. The molecule has 6 heterocycles. The molecule has 2 aliphatic rings. The number of para-hydroxylation sites is 2. The van der Waals surface area contributed by atoms with Crippen LogP contribution in [-0.2, 0) is 0 Å². The Bertz CT molecular complexity index is 3110. The lowest BCUT2D eigenvalue weighted by molar-refractivity contribution is 0.0691. The fourth-order valence-corrected chi connectivity index (χ4v) is 10.1. The molecule has 4 N–H and O–H groups in total. The van der Waals surface area contributed by atoms with Crippen molar-refractivity contribution < 1.29 is 59.3 Å². The SMILES string of the molecule is N[C@H]1CCOc2ccccc21.O=C(N[C@H]1CCOc2ccccc21)c1sc2c(-c3cc(F)cc(F)c3)ccnc2c1C(F)F.O=C(O)c1sc2c(-c3cc(F)cc(F)c3)ccnc2c1C(F)F. The molecule has 0 spiro atoms. The molecule has 8 aromatic rings. The number of hydrogen-bond acceptors (Lipinski definition) is 9. The highest BCUT2D eigenvalue weighted by Crippen LogP contribution is 2.43. The quantitative estimate of drug-likeness (QED) is 0.134. The second-order valence-electron chi connectivity index (χ2n) is 15.0. The number of aromatic nitrogens is 2. The van der Waals surface area contributed by atoms with Crippen molar-refractivity contribution in [3.05, 3.63) is 165 Å². The highest BCUT2D eigenvalue weighted by molar-refractivity contribution is 7.22. The number of amides is 1. The lowest BCUT2D eigenvalue weighted by atomic mass is 10.0.